The molecule has 7 heteroatoms. The molecule has 0 saturated carbocycles. The van der Waals surface area contributed by atoms with Gasteiger partial charge in [-0.3, -0.25) is 9.59 Å². The summed E-state index contributed by atoms with van der Waals surface area (Å²) in [5.41, 5.74) is 6.30. The molecule has 1 aliphatic rings. The van der Waals surface area contributed by atoms with Crippen LogP contribution in [-0.4, -0.2) is 50.0 Å². The highest BCUT2D eigenvalue weighted by atomic mass is 16.5. The number of carbonyl (C=O) groups is 2. The predicted octanol–water partition coefficient (Wildman–Crippen LogP) is 2.78. The summed E-state index contributed by atoms with van der Waals surface area (Å²) in [6.45, 7) is 0. The molecule has 33 heavy (non-hydrogen) atoms. The molecular weight excluding hydrogens is 416 g/mol. The van der Waals surface area contributed by atoms with Gasteiger partial charge in [0.1, 0.15) is 5.75 Å². The van der Waals surface area contributed by atoms with Crippen LogP contribution in [0.1, 0.15) is 27.5 Å². The molecule has 3 aromatic rings. The minimum atomic E-state index is -0.765. The van der Waals surface area contributed by atoms with Crippen LogP contribution in [0.15, 0.2) is 78.9 Å². The highest BCUT2D eigenvalue weighted by molar-refractivity contribution is 5.98. The van der Waals surface area contributed by atoms with Crippen LogP contribution in [0.4, 0.5) is 5.69 Å². The highest BCUT2D eigenvalue weighted by Gasteiger charge is 2.47. The van der Waals surface area contributed by atoms with Crippen LogP contribution >= 0.6 is 0 Å². The number of nitrogens with one attached hydrogen (secondary N) is 2. The maximum Gasteiger partial charge on any atom is 0.304 e. The summed E-state index contributed by atoms with van der Waals surface area (Å²) in [6, 6.07) is 23.3. The molecule has 2 N–H and O–H groups in total. The summed E-state index contributed by atoms with van der Waals surface area (Å²) >= 11 is 0. The van der Waals surface area contributed by atoms with Gasteiger partial charge >= 0.3 is 5.91 Å². The molecular formula is C26H27N4O3+. The first kappa shape index (κ1) is 22.1. The average molecular weight is 444 g/mol. The Morgan fingerprint density at radius 3 is 2.27 bits per heavy atom. The number of amides is 2. The molecule has 0 aliphatic carbocycles. The van der Waals surface area contributed by atoms with Crippen LogP contribution in [0.2, 0.25) is 0 Å². The fraction of sp³-hybridized carbons (Fsp3) is 0.192. The molecule has 1 fully saturated rings. The van der Waals surface area contributed by atoms with Gasteiger partial charge in [0.2, 0.25) is 12.3 Å². The fourth-order valence-electron chi connectivity index (χ4n) is 3.82. The van der Waals surface area contributed by atoms with Crippen molar-refractivity contribution in [2.45, 2.75) is 12.1 Å². The molecule has 7 nitrogen and oxygen atoms in total. The van der Waals surface area contributed by atoms with E-state index in [1.54, 1.807) is 36.1 Å². The first-order chi connectivity index (χ1) is 16.0. The Bertz CT molecular complexity index is 1160. The van der Waals surface area contributed by atoms with Crippen LogP contribution in [0.3, 0.4) is 0 Å². The lowest BCUT2D eigenvalue weighted by molar-refractivity contribution is -0.596. The molecule has 1 aliphatic heterocycles. The number of hydrazone groups is 1. The maximum absolute atomic E-state index is 13.0. The van der Waals surface area contributed by atoms with E-state index in [0.717, 1.165) is 16.8 Å². The lowest BCUT2D eigenvalue weighted by Crippen LogP contribution is -2.42. The summed E-state index contributed by atoms with van der Waals surface area (Å²) in [6.07, 6.45) is 1.88. The quantitative estimate of drug-likeness (QED) is 0.575. The van der Waals surface area contributed by atoms with E-state index >= 15 is 0 Å². The molecule has 2 amide bonds. The number of benzene rings is 3. The average Bonchev–Trinajstić information content (AvgIpc) is 3.14. The zero-order valence-electron chi connectivity index (χ0n) is 18.9. The van der Waals surface area contributed by atoms with Gasteiger partial charge < -0.3 is 15.0 Å². The van der Waals surface area contributed by atoms with Crippen LogP contribution in [0.25, 0.3) is 0 Å². The van der Waals surface area contributed by atoms with Gasteiger partial charge in [-0.25, -0.2) is 0 Å². The third-order valence-corrected chi connectivity index (χ3v) is 5.61. The Morgan fingerprint density at radius 2 is 1.67 bits per heavy atom. The maximum atomic E-state index is 13.0. The third-order valence-electron chi connectivity index (χ3n) is 5.61. The lowest BCUT2D eigenvalue weighted by atomic mass is 10.00. The molecule has 0 aromatic heterocycles. The molecule has 0 bridgehead atoms. The van der Waals surface area contributed by atoms with Crippen LogP contribution in [0.5, 0.6) is 5.75 Å². The second-order valence-corrected chi connectivity index (χ2v) is 8.03. The van der Waals surface area contributed by atoms with Gasteiger partial charge in [0.05, 0.1) is 7.11 Å². The summed E-state index contributed by atoms with van der Waals surface area (Å²) in [4.78, 5) is 27.9. The van der Waals surface area contributed by atoms with Crippen molar-refractivity contribution in [2.24, 2.45) is 0 Å². The van der Waals surface area contributed by atoms with Crippen LogP contribution in [-0.2, 0) is 4.79 Å². The molecule has 1 heterocycles. The Morgan fingerprint density at radius 1 is 1.00 bits per heavy atom. The molecule has 1 saturated heterocycles. The van der Waals surface area contributed by atoms with Gasteiger partial charge in [-0.2, -0.15) is 0 Å². The number of hydrogen-bond donors (Lipinski definition) is 2. The Balaban J connectivity index is 1.64. The van der Waals surface area contributed by atoms with Gasteiger partial charge in [-0.15, -0.1) is 10.1 Å². The molecule has 3 aromatic carbocycles. The van der Waals surface area contributed by atoms with Crippen molar-refractivity contribution >= 4 is 23.7 Å². The molecule has 0 unspecified atom stereocenters. The molecule has 0 spiro atoms. The zero-order chi connectivity index (χ0) is 23.4. The zero-order valence-corrected chi connectivity index (χ0v) is 18.9. The first-order valence-electron chi connectivity index (χ1n) is 10.7. The first-order valence-corrected chi connectivity index (χ1v) is 10.7. The van der Waals surface area contributed by atoms with Gasteiger partial charge in [-0.05, 0) is 48.5 Å². The molecule has 4 rings (SSSR count). The van der Waals surface area contributed by atoms with E-state index in [0.29, 0.717) is 11.3 Å². The van der Waals surface area contributed by atoms with E-state index < -0.39 is 12.1 Å². The molecule has 168 valence electrons. The van der Waals surface area contributed by atoms with Gasteiger partial charge in [0, 0.05) is 36.5 Å². The van der Waals surface area contributed by atoms with E-state index in [1.807, 2.05) is 79.8 Å². The normalized spacial score (nSPS) is 18.6. The fourth-order valence-corrected chi connectivity index (χ4v) is 3.82. The van der Waals surface area contributed by atoms with Crippen molar-refractivity contribution in [3.05, 3.63) is 95.6 Å². The number of carbonyl (C=O) groups excluding carboxylic acids is 2. The van der Waals surface area contributed by atoms with Gasteiger partial charge in [0.15, 0.2) is 6.04 Å². The monoisotopic (exact) mass is 443 g/mol. The van der Waals surface area contributed by atoms with Crippen LogP contribution in [0, 0.1) is 0 Å². The van der Waals surface area contributed by atoms with Crippen molar-refractivity contribution in [3.63, 3.8) is 0 Å². The minimum absolute atomic E-state index is 0.271. The van der Waals surface area contributed by atoms with E-state index in [2.05, 4.69) is 10.7 Å². The lowest BCUT2D eigenvalue weighted by Gasteiger charge is -2.15. The van der Waals surface area contributed by atoms with Crippen molar-refractivity contribution in [1.29, 1.82) is 0 Å². The summed E-state index contributed by atoms with van der Waals surface area (Å²) in [7, 11) is 5.55. The second kappa shape index (κ2) is 9.56. The predicted molar refractivity (Wildman–Crippen MR) is 128 cm³/mol. The van der Waals surface area contributed by atoms with Crippen molar-refractivity contribution in [2.75, 3.05) is 26.1 Å². The number of methoxy groups -OCH3 is 1. The Kier molecular flexibility index (Phi) is 6.40. The number of hydrazine groups is 1. The van der Waals surface area contributed by atoms with Crippen molar-refractivity contribution < 1.29 is 19.0 Å². The second-order valence-electron chi connectivity index (χ2n) is 8.03. The van der Waals surface area contributed by atoms with Gasteiger partial charge in [0.25, 0.3) is 5.91 Å². The van der Waals surface area contributed by atoms with Crippen molar-refractivity contribution in [1.82, 2.24) is 10.7 Å². The van der Waals surface area contributed by atoms with E-state index in [1.165, 1.54) is 0 Å². The summed E-state index contributed by atoms with van der Waals surface area (Å²) in [5, 5.41) is 2.91. The number of hydrogen-bond acceptors (Lipinski definition) is 4. The third kappa shape index (κ3) is 4.87. The summed E-state index contributed by atoms with van der Waals surface area (Å²) < 4.78 is 6.92. The Hall–Kier alpha value is -4.13. The van der Waals surface area contributed by atoms with Crippen molar-refractivity contribution in [3.8, 4) is 5.75 Å². The van der Waals surface area contributed by atoms with Gasteiger partial charge in [-0.1, -0.05) is 30.3 Å². The SMILES string of the molecule is COc1ccc(C(=O)N[C@@H]2C(=O)N/[N+](=C\c3ccc(N(C)C)cc3)[C@@H]2c2ccccc2)cc1. The number of ether oxygens (including phenoxy) is 1. The smallest absolute Gasteiger partial charge is 0.304 e. The number of nitrogens with zero attached hydrogens (tertiary/aromatic N) is 2. The number of rotatable bonds is 6. The van der Waals surface area contributed by atoms with E-state index in [4.69, 9.17) is 4.74 Å². The van der Waals surface area contributed by atoms with E-state index in [-0.39, 0.29) is 11.8 Å². The number of anilines is 1. The minimum Gasteiger partial charge on any atom is -0.497 e. The standard InChI is InChI=1S/C26H26N4O3/c1-29(2)21-13-9-18(10-14-21)17-30-24(19-7-5-4-6-8-19)23(26(32)28-30)27-25(31)20-11-15-22(33-3)16-12-20/h4-17,23-24H,1-3H3,(H-,27,28,31,32)/p+1/t23-,24+/m0/s1. The Labute approximate surface area is 193 Å². The topological polar surface area (TPSA) is 73.7 Å². The molecule has 2 atom stereocenters. The molecule has 0 radical (unpaired) electrons. The largest absolute Gasteiger partial charge is 0.497 e. The van der Waals surface area contributed by atoms with E-state index in [9.17, 15) is 9.59 Å². The highest BCUT2D eigenvalue weighted by Crippen LogP contribution is 2.25. The summed E-state index contributed by atoms with van der Waals surface area (Å²) in [5.74, 6) is 0.0659. The van der Waals surface area contributed by atoms with Crippen LogP contribution < -0.4 is 20.4 Å².